The smallest absolute Gasteiger partial charge is 0.201 e. The Bertz CT molecular complexity index is 512. The fourth-order valence-corrected chi connectivity index (χ4v) is 1.40. The zero-order valence-electron chi connectivity index (χ0n) is 8.26. The van der Waals surface area contributed by atoms with Crippen molar-refractivity contribution in [2.75, 3.05) is 5.43 Å². The van der Waals surface area contributed by atoms with E-state index >= 15 is 0 Å². The van der Waals surface area contributed by atoms with Crippen LogP contribution in [0.4, 0.5) is 14.5 Å². The van der Waals surface area contributed by atoms with Crippen LogP contribution in [0.3, 0.4) is 0 Å². The molecular weight excluding hydrogens is 296 g/mol. The largest absolute Gasteiger partial charge is 0.382 e. The summed E-state index contributed by atoms with van der Waals surface area (Å²) in [6.07, 6.45) is 0. The summed E-state index contributed by atoms with van der Waals surface area (Å²) >= 11 is 2.93. The van der Waals surface area contributed by atoms with E-state index < -0.39 is 23.2 Å². The molecule has 0 radical (unpaired) electrons. The van der Waals surface area contributed by atoms with E-state index in [4.69, 9.17) is 16.4 Å². The summed E-state index contributed by atoms with van der Waals surface area (Å²) in [5, 5.41) is 19.0. The minimum Gasteiger partial charge on any atom is -0.382 e. The highest BCUT2D eigenvalue weighted by atomic mass is 79.9. The van der Waals surface area contributed by atoms with Gasteiger partial charge in [-0.05, 0) is 22.0 Å². The standard InChI is InChI=1S/C9H6BrF2N5/c10-5-1-4(11)2-6(12)8(5)17-16-7(3-13)9(14)15/h1-2,17H,(H3,14,15)/b16-7+. The van der Waals surface area contributed by atoms with Crippen molar-refractivity contribution in [3.63, 3.8) is 0 Å². The molecular formula is C9H6BrF2N5. The summed E-state index contributed by atoms with van der Waals surface area (Å²) in [5.41, 5.74) is 6.68. The second-order valence-electron chi connectivity index (χ2n) is 2.84. The molecule has 0 saturated heterocycles. The molecule has 0 heterocycles. The van der Waals surface area contributed by atoms with Gasteiger partial charge < -0.3 is 5.73 Å². The highest BCUT2D eigenvalue weighted by Crippen LogP contribution is 2.26. The SMILES string of the molecule is N#C/C(=N\Nc1c(F)cc(F)cc1Br)C(=N)N. The molecule has 1 rings (SSSR count). The number of amidine groups is 1. The van der Waals surface area contributed by atoms with Gasteiger partial charge in [-0.15, -0.1) is 0 Å². The van der Waals surface area contributed by atoms with Gasteiger partial charge in [-0.25, -0.2) is 8.78 Å². The summed E-state index contributed by atoms with van der Waals surface area (Å²) in [6, 6.07) is 3.23. The minimum atomic E-state index is -0.888. The van der Waals surface area contributed by atoms with Gasteiger partial charge in [0.1, 0.15) is 17.6 Å². The first-order valence-electron chi connectivity index (χ1n) is 4.18. The summed E-state index contributed by atoms with van der Waals surface area (Å²) < 4.78 is 26.2. The third kappa shape index (κ3) is 3.22. The normalized spacial score (nSPS) is 10.8. The Morgan fingerprint density at radius 1 is 1.53 bits per heavy atom. The lowest BCUT2D eigenvalue weighted by Crippen LogP contribution is -2.22. The summed E-state index contributed by atoms with van der Waals surface area (Å²) in [6.45, 7) is 0. The van der Waals surface area contributed by atoms with E-state index in [1.807, 2.05) is 0 Å². The first-order chi connectivity index (χ1) is 7.95. The van der Waals surface area contributed by atoms with Gasteiger partial charge in [0, 0.05) is 10.5 Å². The first-order valence-corrected chi connectivity index (χ1v) is 4.97. The fourth-order valence-electron chi connectivity index (χ4n) is 0.906. The highest BCUT2D eigenvalue weighted by molar-refractivity contribution is 9.10. The lowest BCUT2D eigenvalue weighted by atomic mass is 10.3. The molecule has 0 aliphatic carbocycles. The molecule has 1 aromatic carbocycles. The molecule has 0 atom stereocenters. The van der Waals surface area contributed by atoms with Gasteiger partial charge in [0.15, 0.2) is 11.7 Å². The molecule has 5 nitrogen and oxygen atoms in total. The van der Waals surface area contributed by atoms with Gasteiger partial charge in [-0.3, -0.25) is 10.8 Å². The summed E-state index contributed by atoms with van der Waals surface area (Å²) in [5.74, 6) is -2.20. The maximum atomic E-state index is 13.3. The Labute approximate surface area is 104 Å². The molecule has 88 valence electrons. The number of nitriles is 1. The second kappa shape index (κ2) is 5.36. The van der Waals surface area contributed by atoms with E-state index in [1.165, 1.54) is 0 Å². The van der Waals surface area contributed by atoms with Gasteiger partial charge in [0.2, 0.25) is 5.71 Å². The van der Waals surface area contributed by atoms with E-state index in [2.05, 4.69) is 26.5 Å². The third-order valence-electron chi connectivity index (χ3n) is 1.65. The fraction of sp³-hybridized carbons (Fsp3) is 0. The van der Waals surface area contributed by atoms with E-state index in [1.54, 1.807) is 6.07 Å². The van der Waals surface area contributed by atoms with Crippen molar-refractivity contribution < 1.29 is 8.78 Å². The van der Waals surface area contributed by atoms with Crippen LogP contribution in [0, 0.1) is 28.4 Å². The molecule has 1 aromatic rings. The lowest BCUT2D eigenvalue weighted by Gasteiger charge is -2.05. The number of anilines is 1. The van der Waals surface area contributed by atoms with Crippen LogP contribution in [0.2, 0.25) is 0 Å². The molecule has 0 aliphatic heterocycles. The van der Waals surface area contributed by atoms with Crippen molar-refractivity contribution in [3.8, 4) is 6.07 Å². The van der Waals surface area contributed by atoms with Crippen LogP contribution in [0.15, 0.2) is 21.7 Å². The second-order valence-corrected chi connectivity index (χ2v) is 3.70. The predicted octanol–water partition coefficient (Wildman–Crippen LogP) is 1.95. The van der Waals surface area contributed by atoms with Crippen molar-refractivity contribution in [3.05, 3.63) is 28.2 Å². The maximum absolute atomic E-state index is 13.3. The van der Waals surface area contributed by atoms with Crippen molar-refractivity contribution >= 4 is 33.2 Å². The van der Waals surface area contributed by atoms with Crippen LogP contribution < -0.4 is 11.2 Å². The van der Waals surface area contributed by atoms with Gasteiger partial charge in [0.25, 0.3) is 0 Å². The van der Waals surface area contributed by atoms with Crippen LogP contribution in [-0.2, 0) is 0 Å². The molecule has 8 heteroatoms. The van der Waals surface area contributed by atoms with Crippen LogP contribution in [0.5, 0.6) is 0 Å². The van der Waals surface area contributed by atoms with E-state index in [0.29, 0.717) is 6.07 Å². The number of halogens is 3. The Kier molecular flexibility index (Phi) is 4.12. The first kappa shape index (κ1) is 13.1. The number of hydrogen-bond donors (Lipinski definition) is 3. The minimum absolute atomic E-state index is 0.0968. The van der Waals surface area contributed by atoms with Crippen LogP contribution >= 0.6 is 15.9 Å². The molecule has 0 aromatic heterocycles. The summed E-state index contributed by atoms with van der Waals surface area (Å²) in [7, 11) is 0. The predicted molar refractivity (Wildman–Crippen MR) is 62.6 cm³/mol. The average molecular weight is 302 g/mol. The van der Waals surface area contributed by atoms with E-state index in [-0.39, 0.29) is 10.2 Å². The van der Waals surface area contributed by atoms with E-state index in [9.17, 15) is 8.78 Å². The number of hydrazone groups is 1. The van der Waals surface area contributed by atoms with Crippen LogP contribution in [-0.4, -0.2) is 11.5 Å². The Balaban J connectivity index is 3.05. The molecule has 0 amide bonds. The van der Waals surface area contributed by atoms with Crippen LogP contribution in [0.1, 0.15) is 0 Å². The average Bonchev–Trinajstić information content (AvgIpc) is 2.21. The van der Waals surface area contributed by atoms with Crippen LogP contribution in [0.25, 0.3) is 0 Å². The molecule has 0 fully saturated rings. The summed E-state index contributed by atoms with van der Waals surface area (Å²) in [4.78, 5) is 0. The van der Waals surface area contributed by atoms with Gasteiger partial charge in [-0.1, -0.05) is 0 Å². The van der Waals surface area contributed by atoms with Gasteiger partial charge in [0.05, 0.1) is 0 Å². The van der Waals surface area contributed by atoms with Crippen molar-refractivity contribution in [2.45, 2.75) is 0 Å². The maximum Gasteiger partial charge on any atom is 0.201 e. The Morgan fingerprint density at radius 2 is 2.18 bits per heavy atom. The molecule has 0 aliphatic rings. The molecule has 0 spiro atoms. The lowest BCUT2D eigenvalue weighted by molar-refractivity contribution is 0.584. The van der Waals surface area contributed by atoms with Crippen molar-refractivity contribution in [1.82, 2.24) is 0 Å². The number of nitrogens with one attached hydrogen (secondary N) is 2. The highest BCUT2D eigenvalue weighted by Gasteiger charge is 2.09. The zero-order valence-corrected chi connectivity index (χ0v) is 9.85. The number of nitrogens with zero attached hydrogens (tertiary/aromatic N) is 2. The quantitative estimate of drug-likeness (QED) is 0.452. The monoisotopic (exact) mass is 301 g/mol. The van der Waals surface area contributed by atoms with E-state index in [0.717, 1.165) is 6.07 Å². The van der Waals surface area contributed by atoms with Crippen molar-refractivity contribution in [2.24, 2.45) is 10.8 Å². The molecule has 0 bridgehead atoms. The molecule has 4 N–H and O–H groups in total. The van der Waals surface area contributed by atoms with Crippen molar-refractivity contribution in [1.29, 1.82) is 10.7 Å². The van der Waals surface area contributed by atoms with Gasteiger partial charge >= 0.3 is 0 Å². The Hall–Kier alpha value is -2.01. The molecule has 17 heavy (non-hydrogen) atoms. The number of rotatable bonds is 3. The third-order valence-corrected chi connectivity index (χ3v) is 2.27. The molecule has 0 unspecified atom stereocenters. The topological polar surface area (TPSA) is 98.0 Å². The van der Waals surface area contributed by atoms with Gasteiger partial charge in [-0.2, -0.15) is 10.4 Å². The number of nitrogens with two attached hydrogens (primary N) is 1. The zero-order chi connectivity index (χ0) is 13.0. The molecule has 0 saturated carbocycles. The Morgan fingerprint density at radius 3 is 2.65 bits per heavy atom. The number of hydrogen-bond acceptors (Lipinski definition) is 4. The number of benzene rings is 1.